The molecule has 106 valence electrons. The number of ether oxygens (including phenoxy) is 2. The largest absolute Gasteiger partial charge is 0.495 e. The Morgan fingerprint density at radius 3 is 2.67 bits per heavy atom. The number of hydrogen-bond donors (Lipinski definition) is 2. The third kappa shape index (κ3) is 3.75. The lowest BCUT2D eigenvalue weighted by molar-refractivity contribution is 0.305. The molecular formula is C15H14BNO4. The van der Waals surface area contributed by atoms with Crippen LogP contribution in [0.4, 0.5) is 0 Å². The van der Waals surface area contributed by atoms with Crippen molar-refractivity contribution >= 4 is 12.6 Å². The van der Waals surface area contributed by atoms with E-state index in [1.807, 2.05) is 6.07 Å². The molecule has 0 spiro atoms. The van der Waals surface area contributed by atoms with E-state index >= 15 is 0 Å². The van der Waals surface area contributed by atoms with E-state index in [2.05, 4.69) is 0 Å². The first-order valence-electron chi connectivity index (χ1n) is 6.30. The second-order valence-electron chi connectivity index (χ2n) is 4.38. The van der Waals surface area contributed by atoms with Gasteiger partial charge in [0.25, 0.3) is 0 Å². The van der Waals surface area contributed by atoms with Crippen molar-refractivity contribution in [1.29, 1.82) is 5.26 Å². The van der Waals surface area contributed by atoms with E-state index in [9.17, 15) is 0 Å². The van der Waals surface area contributed by atoms with E-state index in [0.717, 1.165) is 5.56 Å². The quantitative estimate of drug-likeness (QED) is 0.794. The molecule has 0 aliphatic heterocycles. The van der Waals surface area contributed by atoms with Crippen LogP contribution < -0.4 is 14.9 Å². The third-order valence-corrected chi connectivity index (χ3v) is 2.95. The molecule has 2 aromatic rings. The van der Waals surface area contributed by atoms with Gasteiger partial charge in [-0.05, 0) is 35.3 Å². The standard InChI is InChI=1S/C15H14BNO4/c1-20-15-7-11(5-6-12(15)9-17)10-21-14-4-2-3-13(8-14)16(18)19/h2-8,18-19H,10H2,1H3. The molecule has 0 radical (unpaired) electrons. The number of nitriles is 1. The van der Waals surface area contributed by atoms with Crippen molar-refractivity contribution in [2.24, 2.45) is 0 Å². The average molecular weight is 283 g/mol. The summed E-state index contributed by atoms with van der Waals surface area (Å²) in [4.78, 5) is 0. The highest BCUT2D eigenvalue weighted by Crippen LogP contribution is 2.20. The maximum atomic E-state index is 9.11. The van der Waals surface area contributed by atoms with Gasteiger partial charge in [-0.15, -0.1) is 0 Å². The molecule has 0 amide bonds. The molecule has 0 heterocycles. The molecule has 0 fully saturated rings. The number of methoxy groups -OCH3 is 1. The molecular weight excluding hydrogens is 269 g/mol. The van der Waals surface area contributed by atoms with Crippen LogP contribution in [0, 0.1) is 11.3 Å². The van der Waals surface area contributed by atoms with Gasteiger partial charge in [0.2, 0.25) is 0 Å². The third-order valence-electron chi connectivity index (χ3n) is 2.95. The first-order valence-corrected chi connectivity index (χ1v) is 6.30. The summed E-state index contributed by atoms with van der Waals surface area (Å²) in [5.41, 5.74) is 1.68. The smallest absolute Gasteiger partial charge is 0.488 e. The van der Waals surface area contributed by atoms with Gasteiger partial charge >= 0.3 is 7.12 Å². The number of hydrogen-bond acceptors (Lipinski definition) is 5. The van der Waals surface area contributed by atoms with Gasteiger partial charge in [-0.1, -0.05) is 18.2 Å². The lowest BCUT2D eigenvalue weighted by Gasteiger charge is -2.09. The van der Waals surface area contributed by atoms with Crippen molar-refractivity contribution in [3.63, 3.8) is 0 Å². The summed E-state index contributed by atoms with van der Waals surface area (Å²) < 4.78 is 10.7. The van der Waals surface area contributed by atoms with Gasteiger partial charge in [-0.25, -0.2) is 0 Å². The van der Waals surface area contributed by atoms with Crippen LogP contribution in [0.2, 0.25) is 0 Å². The number of rotatable bonds is 5. The lowest BCUT2D eigenvalue weighted by Crippen LogP contribution is -2.29. The van der Waals surface area contributed by atoms with Crippen LogP contribution in [0.5, 0.6) is 11.5 Å². The average Bonchev–Trinajstić information content (AvgIpc) is 2.52. The first-order chi connectivity index (χ1) is 10.1. The van der Waals surface area contributed by atoms with E-state index in [-0.39, 0.29) is 6.61 Å². The van der Waals surface area contributed by atoms with E-state index in [1.54, 1.807) is 42.5 Å². The summed E-state index contributed by atoms with van der Waals surface area (Å²) >= 11 is 0. The van der Waals surface area contributed by atoms with E-state index in [1.165, 1.54) is 7.11 Å². The van der Waals surface area contributed by atoms with Crippen LogP contribution in [-0.4, -0.2) is 24.3 Å². The van der Waals surface area contributed by atoms with Crippen molar-refractivity contribution in [1.82, 2.24) is 0 Å². The molecule has 2 aromatic carbocycles. The van der Waals surface area contributed by atoms with Gasteiger partial charge in [0.05, 0.1) is 12.7 Å². The normalized spacial score (nSPS) is 9.81. The first kappa shape index (κ1) is 14.9. The molecule has 0 aliphatic carbocycles. The minimum absolute atomic E-state index is 0.285. The van der Waals surface area contributed by atoms with Gasteiger partial charge in [0.1, 0.15) is 24.2 Å². The summed E-state index contributed by atoms with van der Waals surface area (Å²) in [7, 11) is -0.0176. The van der Waals surface area contributed by atoms with Crippen LogP contribution in [0.25, 0.3) is 0 Å². The fraction of sp³-hybridized carbons (Fsp3) is 0.133. The molecule has 0 unspecified atom stereocenters. The fourth-order valence-electron chi connectivity index (χ4n) is 1.85. The zero-order chi connectivity index (χ0) is 15.2. The highest BCUT2D eigenvalue weighted by atomic mass is 16.5. The molecule has 0 saturated heterocycles. The van der Waals surface area contributed by atoms with Crippen LogP contribution >= 0.6 is 0 Å². The summed E-state index contributed by atoms with van der Waals surface area (Å²) in [5, 5.41) is 27.1. The number of benzene rings is 2. The van der Waals surface area contributed by atoms with Crippen LogP contribution in [0.1, 0.15) is 11.1 Å². The maximum absolute atomic E-state index is 9.11. The Hall–Kier alpha value is -2.49. The second kappa shape index (κ2) is 6.79. The van der Waals surface area contributed by atoms with E-state index < -0.39 is 7.12 Å². The molecule has 0 aliphatic rings. The Morgan fingerprint density at radius 1 is 1.19 bits per heavy atom. The van der Waals surface area contributed by atoms with Gasteiger partial charge < -0.3 is 19.5 Å². The molecule has 0 bridgehead atoms. The van der Waals surface area contributed by atoms with Crippen molar-refractivity contribution in [3.8, 4) is 17.6 Å². The van der Waals surface area contributed by atoms with Gasteiger partial charge in [-0.2, -0.15) is 5.26 Å². The molecule has 2 N–H and O–H groups in total. The van der Waals surface area contributed by atoms with Crippen LogP contribution in [0.15, 0.2) is 42.5 Å². The Balaban J connectivity index is 2.10. The van der Waals surface area contributed by atoms with Gasteiger partial charge in [0.15, 0.2) is 0 Å². The predicted octanol–water partition coefficient (Wildman–Crippen LogP) is 0.826. The monoisotopic (exact) mass is 283 g/mol. The molecule has 0 saturated carbocycles. The predicted molar refractivity (Wildman–Crippen MR) is 78.3 cm³/mol. The minimum atomic E-state index is -1.52. The molecule has 5 nitrogen and oxygen atoms in total. The number of nitrogens with zero attached hydrogens (tertiary/aromatic N) is 1. The highest BCUT2D eigenvalue weighted by Gasteiger charge is 2.11. The zero-order valence-electron chi connectivity index (χ0n) is 11.5. The van der Waals surface area contributed by atoms with Gasteiger partial charge in [-0.3, -0.25) is 0 Å². The molecule has 6 heteroatoms. The van der Waals surface area contributed by atoms with Gasteiger partial charge in [0, 0.05) is 0 Å². The topological polar surface area (TPSA) is 82.7 Å². The Kier molecular flexibility index (Phi) is 4.83. The van der Waals surface area contributed by atoms with E-state index in [4.69, 9.17) is 24.8 Å². The Labute approximate surface area is 123 Å². The summed E-state index contributed by atoms with van der Waals surface area (Å²) in [5.74, 6) is 1.03. The Morgan fingerprint density at radius 2 is 2.00 bits per heavy atom. The molecule has 2 rings (SSSR count). The molecule has 0 atom stereocenters. The lowest BCUT2D eigenvalue weighted by atomic mass is 9.80. The fourth-order valence-corrected chi connectivity index (χ4v) is 1.85. The minimum Gasteiger partial charge on any atom is -0.495 e. The van der Waals surface area contributed by atoms with Crippen molar-refractivity contribution in [2.75, 3.05) is 7.11 Å². The maximum Gasteiger partial charge on any atom is 0.488 e. The summed E-state index contributed by atoms with van der Waals surface area (Å²) in [6.45, 7) is 0.285. The molecule has 21 heavy (non-hydrogen) atoms. The Bertz CT molecular complexity index is 667. The molecule has 0 aromatic heterocycles. The second-order valence-corrected chi connectivity index (χ2v) is 4.38. The van der Waals surface area contributed by atoms with E-state index in [0.29, 0.717) is 22.5 Å². The highest BCUT2D eigenvalue weighted by molar-refractivity contribution is 6.58. The van der Waals surface area contributed by atoms with Crippen LogP contribution in [0.3, 0.4) is 0 Å². The summed E-state index contributed by atoms with van der Waals surface area (Å²) in [6, 6.07) is 13.8. The van der Waals surface area contributed by atoms with Crippen LogP contribution in [-0.2, 0) is 6.61 Å². The summed E-state index contributed by atoms with van der Waals surface area (Å²) in [6.07, 6.45) is 0. The SMILES string of the molecule is COc1cc(COc2cccc(B(O)O)c2)ccc1C#N. The zero-order valence-corrected chi connectivity index (χ0v) is 11.5. The van der Waals surface area contributed by atoms with Crippen molar-refractivity contribution in [2.45, 2.75) is 6.61 Å². The van der Waals surface area contributed by atoms with Crippen molar-refractivity contribution in [3.05, 3.63) is 53.6 Å². The van der Waals surface area contributed by atoms with Crippen molar-refractivity contribution < 1.29 is 19.5 Å².